The zero-order chi connectivity index (χ0) is 24.9. The summed E-state index contributed by atoms with van der Waals surface area (Å²) in [5.41, 5.74) is 0. The fourth-order valence-electron chi connectivity index (χ4n) is 5.67. The van der Waals surface area contributed by atoms with Crippen LogP contribution in [0.1, 0.15) is 65.7 Å². The molecule has 2 heterocycles. The Morgan fingerprint density at radius 1 is 0.971 bits per heavy atom. The van der Waals surface area contributed by atoms with Gasteiger partial charge in [0, 0.05) is 19.6 Å². The molecule has 2 amide bonds. The molecule has 2 fully saturated rings. The lowest BCUT2D eigenvalue weighted by Crippen LogP contribution is -2.66. The number of imide groups is 1. The highest BCUT2D eigenvalue weighted by Gasteiger charge is 2.50. The van der Waals surface area contributed by atoms with E-state index in [1.807, 2.05) is 0 Å². The summed E-state index contributed by atoms with van der Waals surface area (Å²) in [6, 6.07) is 21.4. The molecule has 0 unspecified atom stereocenters. The third kappa shape index (κ3) is 5.76. The van der Waals surface area contributed by atoms with E-state index in [9.17, 15) is 9.59 Å². The number of amides is 2. The molecule has 2 aromatic rings. The van der Waals surface area contributed by atoms with Crippen LogP contribution in [0.4, 0.5) is 0 Å². The summed E-state index contributed by atoms with van der Waals surface area (Å²) in [5.74, 6) is -0.122. The molecule has 0 saturated carbocycles. The largest absolute Gasteiger partial charge is 0.407 e. The number of hydrogen-bond acceptors (Lipinski definition) is 4. The third-order valence-corrected chi connectivity index (χ3v) is 12.4. The van der Waals surface area contributed by atoms with Gasteiger partial charge in [0.2, 0.25) is 11.8 Å². The van der Waals surface area contributed by atoms with Crippen molar-refractivity contribution in [2.24, 2.45) is 0 Å². The van der Waals surface area contributed by atoms with Crippen molar-refractivity contribution in [2.45, 2.75) is 83.0 Å². The summed E-state index contributed by atoms with van der Waals surface area (Å²) < 4.78 is 13.4. The lowest BCUT2D eigenvalue weighted by molar-refractivity contribution is -0.145. The Kier molecular flexibility index (Phi) is 8.25. The topological polar surface area (TPSA) is 55.8 Å². The van der Waals surface area contributed by atoms with Crippen LogP contribution in [-0.4, -0.2) is 50.4 Å². The minimum atomic E-state index is -2.56. The molecule has 0 spiro atoms. The fraction of sp³-hybridized carbons (Fsp3) is 0.517. The van der Waals surface area contributed by atoms with Gasteiger partial charge in [-0.2, -0.15) is 0 Å². The molecule has 0 bridgehead atoms. The van der Waals surface area contributed by atoms with E-state index in [1.165, 1.54) is 15.3 Å². The molecular weight excluding hydrogens is 454 g/mol. The molecule has 2 saturated heterocycles. The first kappa shape index (κ1) is 25.8. The number of ether oxygens (including phenoxy) is 1. The maximum absolute atomic E-state index is 12.6. The quantitative estimate of drug-likeness (QED) is 0.511. The van der Waals surface area contributed by atoms with Gasteiger partial charge < -0.3 is 9.16 Å². The third-order valence-electron chi connectivity index (χ3n) is 7.39. The summed E-state index contributed by atoms with van der Waals surface area (Å²) in [6.45, 7) is 8.04. The van der Waals surface area contributed by atoms with E-state index >= 15 is 0 Å². The van der Waals surface area contributed by atoms with Gasteiger partial charge in [-0.3, -0.25) is 14.5 Å². The maximum atomic E-state index is 12.6. The van der Waals surface area contributed by atoms with Crippen molar-refractivity contribution >= 4 is 30.5 Å². The maximum Gasteiger partial charge on any atom is 0.261 e. The Morgan fingerprint density at radius 3 is 2.11 bits per heavy atom. The number of nitrogens with zero attached hydrogens (tertiary/aromatic N) is 1. The van der Waals surface area contributed by atoms with E-state index in [-0.39, 0.29) is 29.1 Å². The number of likely N-dealkylation sites (tertiary alicyclic amines) is 1. The van der Waals surface area contributed by atoms with Gasteiger partial charge in [-0.25, -0.2) is 0 Å². The Bertz CT molecular complexity index is 949. The Balaban J connectivity index is 1.44. The predicted octanol–water partition coefficient (Wildman–Crippen LogP) is 4.43. The SMILES string of the molecule is CC(C)(C)[Si](OCC[C@H]1CCC[C@@H](CC(=O)N2CCCC2=O)O1)(c1ccccc1)c1ccccc1. The second-order valence-electron chi connectivity index (χ2n) is 10.9. The van der Waals surface area contributed by atoms with Crippen molar-refractivity contribution in [1.29, 1.82) is 0 Å². The van der Waals surface area contributed by atoms with Crippen LogP contribution < -0.4 is 10.4 Å². The Morgan fingerprint density at radius 2 is 1.57 bits per heavy atom. The van der Waals surface area contributed by atoms with Crippen molar-refractivity contribution in [3.05, 3.63) is 60.7 Å². The molecule has 2 atom stereocenters. The average molecular weight is 494 g/mol. The van der Waals surface area contributed by atoms with Gasteiger partial charge in [0.1, 0.15) is 0 Å². The number of carbonyl (C=O) groups excluding carboxylic acids is 2. The van der Waals surface area contributed by atoms with Crippen LogP contribution in [-0.2, 0) is 18.8 Å². The molecule has 35 heavy (non-hydrogen) atoms. The van der Waals surface area contributed by atoms with Crippen LogP contribution in [0.2, 0.25) is 5.04 Å². The standard InChI is InChI=1S/C29H39NO4Si/c1-29(2,3)35(25-14-6-4-7-15-25,26-16-8-5-9-17-26)33-21-19-23-12-10-13-24(34-23)22-28(32)30-20-11-18-27(30)31/h4-9,14-17,23-24H,10-13,18-22H2,1-3H3/t23-,24+/m1/s1. The molecule has 0 aliphatic carbocycles. The zero-order valence-corrected chi connectivity index (χ0v) is 22.4. The first-order valence-corrected chi connectivity index (χ1v) is 15.0. The number of carbonyl (C=O) groups is 2. The van der Waals surface area contributed by atoms with Gasteiger partial charge in [0.25, 0.3) is 8.32 Å². The smallest absolute Gasteiger partial charge is 0.261 e. The van der Waals surface area contributed by atoms with Gasteiger partial charge >= 0.3 is 0 Å². The van der Waals surface area contributed by atoms with E-state index < -0.39 is 8.32 Å². The summed E-state index contributed by atoms with van der Waals surface area (Å²) in [7, 11) is -2.56. The van der Waals surface area contributed by atoms with Crippen LogP contribution in [0, 0.1) is 0 Å². The molecular formula is C29H39NO4Si. The van der Waals surface area contributed by atoms with Gasteiger partial charge in [0.05, 0.1) is 18.6 Å². The first-order valence-electron chi connectivity index (χ1n) is 13.0. The van der Waals surface area contributed by atoms with Crippen LogP contribution in [0.25, 0.3) is 0 Å². The summed E-state index contributed by atoms with van der Waals surface area (Å²) in [5, 5.41) is 2.50. The fourth-order valence-corrected chi connectivity index (χ4v) is 10.2. The van der Waals surface area contributed by atoms with Gasteiger partial charge in [-0.1, -0.05) is 81.4 Å². The van der Waals surface area contributed by atoms with Crippen LogP contribution in [0.5, 0.6) is 0 Å². The molecule has 0 aromatic heterocycles. The lowest BCUT2D eigenvalue weighted by atomic mass is 10.00. The van der Waals surface area contributed by atoms with E-state index in [0.717, 1.165) is 32.1 Å². The highest BCUT2D eigenvalue weighted by molar-refractivity contribution is 6.99. The normalized spacial score (nSPS) is 21.3. The van der Waals surface area contributed by atoms with Crippen LogP contribution in [0.15, 0.2) is 60.7 Å². The van der Waals surface area contributed by atoms with Crippen molar-refractivity contribution in [3.8, 4) is 0 Å². The van der Waals surface area contributed by atoms with E-state index in [1.54, 1.807) is 0 Å². The summed E-state index contributed by atoms with van der Waals surface area (Å²) in [4.78, 5) is 25.9. The van der Waals surface area contributed by atoms with Gasteiger partial charge in [-0.05, 0) is 47.5 Å². The van der Waals surface area contributed by atoms with Crippen molar-refractivity contribution in [3.63, 3.8) is 0 Å². The molecule has 2 aromatic carbocycles. The second kappa shape index (κ2) is 11.2. The van der Waals surface area contributed by atoms with E-state index in [2.05, 4.69) is 81.4 Å². The number of benzene rings is 2. The minimum Gasteiger partial charge on any atom is -0.407 e. The zero-order valence-electron chi connectivity index (χ0n) is 21.4. The lowest BCUT2D eigenvalue weighted by Gasteiger charge is -2.43. The number of rotatable bonds is 8. The Labute approximate surface area is 210 Å². The molecule has 6 heteroatoms. The number of hydrogen-bond donors (Lipinski definition) is 0. The molecule has 2 aliphatic heterocycles. The van der Waals surface area contributed by atoms with Gasteiger partial charge in [-0.15, -0.1) is 0 Å². The van der Waals surface area contributed by atoms with Crippen LogP contribution in [0.3, 0.4) is 0 Å². The van der Waals surface area contributed by atoms with E-state index in [0.29, 0.717) is 26.0 Å². The summed E-state index contributed by atoms with van der Waals surface area (Å²) >= 11 is 0. The second-order valence-corrected chi connectivity index (χ2v) is 15.2. The van der Waals surface area contributed by atoms with Crippen LogP contribution >= 0.6 is 0 Å². The highest BCUT2D eigenvalue weighted by Crippen LogP contribution is 2.37. The monoisotopic (exact) mass is 493 g/mol. The average Bonchev–Trinajstić information content (AvgIpc) is 3.28. The Hall–Kier alpha value is -2.28. The van der Waals surface area contributed by atoms with E-state index in [4.69, 9.17) is 9.16 Å². The molecule has 188 valence electrons. The first-order chi connectivity index (χ1) is 16.8. The summed E-state index contributed by atoms with van der Waals surface area (Å²) in [6.07, 6.45) is 5.23. The molecule has 0 N–H and O–H groups in total. The predicted molar refractivity (Wildman–Crippen MR) is 141 cm³/mol. The molecule has 5 nitrogen and oxygen atoms in total. The van der Waals surface area contributed by atoms with Crippen molar-refractivity contribution < 1.29 is 18.8 Å². The minimum absolute atomic E-state index is 0.0407. The molecule has 4 rings (SSSR count). The molecule has 0 radical (unpaired) electrons. The van der Waals surface area contributed by atoms with Crippen molar-refractivity contribution in [1.82, 2.24) is 4.90 Å². The highest BCUT2D eigenvalue weighted by atomic mass is 28.4. The van der Waals surface area contributed by atoms with Gasteiger partial charge in [0.15, 0.2) is 0 Å². The molecule has 2 aliphatic rings. The van der Waals surface area contributed by atoms with Crippen molar-refractivity contribution in [2.75, 3.05) is 13.2 Å².